The van der Waals surface area contributed by atoms with Crippen LogP contribution in [0.5, 0.6) is 0 Å². The number of hydrogen-bond acceptors (Lipinski definition) is 2. The Morgan fingerprint density at radius 1 is 1.00 bits per heavy atom. The van der Waals surface area contributed by atoms with Gasteiger partial charge in [-0.15, -0.1) is 0 Å². The average Bonchev–Trinajstić information content (AvgIpc) is 2.74. The molecule has 0 atom stereocenters. The largest absolute Gasteiger partial charge is 0.475 e. The standard InChI is InChI=1S/C15H18F3NO/c1-5-8-10(14-19-15(3,4)7-20-14)11(16)9(6-2)13(18)12(8)17/h5-7H2,1-4H3. The third kappa shape index (κ3) is 2.30. The number of ether oxygens (including phenoxy) is 1. The molecule has 0 aliphatic carbocycles. The second-order valence-electron chi connectivity index (χ2n) is 5.50. The Hall–Kier alpha value is -1.52. The van der Waals surface area contributed by atoms with Crippen LogP contribution in [0.25, 0.3) is 0 Å². The van der Waals surface area contributed by atoms with Gasteiger partial charge in [-0.2, -0.15) is 0 Å². The van der Waals surface area contributed by atoms with E-state index in [4.69, 9.17) is 4.74 Å². The van der Waals surface area contributed by atoms with E-state index in [9.17, 15) is 13.2 Å². The molecule has 2 rings (SSSR count). The van der Waals surface area contributed by atoms with Gasteiger partial charge in [0.05, 0.1) is 11.1 Å². The van der Waals surface area contributed by atoms with Crippen LogP contribution in [0, 0.1) is 17.5 Å². The molecule has 20 heavy (non-hydrogen) atoms. The van der Waals surface area contributed by atoms with E-state index in [1.165, 1.54) is 0 Å². The van der Waals surface area contributed by atoms with Crippen molar-refractivity contribution in [3.8, 4) is 0 Å². The van der Waals surface area contributed by atoms with Crippen molar-refractivity contribution in [3.05, 3.63) is 34.1 Å². The summed E-state index contributed by atoms with van der Waals surface area (Å²) in [5.41, 5.74) is -0.794. The van der Waals surface area contributed by atoms with Crippen molar-refractivity contribution in [2.24, 2.45) is 4.99 Å². The second-order valence-corrected chi connectivity index (χ2v) is 5.50. The summed E-state index contributed by atoms with van der Waals surface area (Å²) in [7, 11) is 0. The molecule has 5 heteroatoms. The van der Waals surface area contributed by atoms with Gasteiger partial charge in [0.15, 0.2) is 11.6 Å². The summed E-state index contributed by atoms with van der Waals surface area (Å²) < 4.78 is 47.8. The Kier molecular flexibility index (Phi) is 3.80. The van der Waals surface area contributed by atoms with E-state index in [-0.39, 0.29) is 35.4 Å². The van der Waals surface area contributed by atoms with E-state index < -0.39 is 23.0 Å². The van der Waals surface area contributed by atoms with Crippen molar-refractivity contribution >= 4 is 5.90 Å². The fraction of sp³-hybridized carbons (Fsp3) is 0.533. The third-order valence-corrected chi connectivity index (χ3v) is 3.40. The van der Waals surface area contributed by atoms with E-state index in [1.807, 2.05) is 13.8 Å². The molecule has 1 aromatic rings. The molecule has 1 aliphatic rings. The number of hydrogen-bond donors (Lipinski definition) is 0. The topological polar surface area (TPSA) is 21.6 Å². The number of benzene rings is 1. The first-order valence-electron chi connectivity index (χ1n) is 6.73. The van der Waals surface area contributed by atoms with Crippen LogP contribution in [-0.4, -0.2) is 18.0 Å². The molecule has 0 saturated carbocycles. The van der Waals surface area contributed by atoms with Gasteiger partial charge < -0.3 is 4.74 Å². The van der Waals surface area contributed by atoms with Crippen LogP contribution < -0.4 is 0 Å². The molecule has 1 aromatic carbocycles. The van der Waals surface area contributed by atoms with Crippen LogP contribution in [0.15, 0.2) is 4.99 Å². The van der Waals surface area contributed by atoms with E-state index in [1.54, 1.807) is 13.8 Å². The SMILES string of the molecule is CCc1c(F)c(F)c(CC)c(C2=NC(C)(C)CO2)c1F. The predicted molar refractivity (Wildman–Crippen MR) is 71.6 cm³/mol. The monoisotopic (exact) mass is 285 g/mol. The van der Waals surface area contributed by atoms with Gasteiger partial charge in [-0.25, -0.2) is 18.2 Å². The Morgan fingerprint density at radius 3 is 2.00 bits per heavy atom. The van der Waals surface area contributed by atoms with Crippen molar-refractivity contribution in [1.29, 1.82) is 0 Å². The molecular formula is C15H18F3NO. The average molecular weight is 285 g/mol. The van der Waals surface area contributed by atoms with Crippen molar-refractivity contribution in [3.63, 3.8) is 0 Å². The molecule has 2 nitrogen and oxygen atoms in total. The van der Waals surface area contributed by atoms with Gasteiger partial charge in [0, 0.05) is 11.1 Å². The van der Waals surface area contributed by atoms with Gasteiger partial charge in [-0.05, 0) is 26.7 Å². The minimum atomic E-state index is -1.11. The summed E-state index contributed by atoms with van der Waals surface area (Å²) >= 11 is 0. The summed E-state index contributed by atoms with van der Waals surface area (Å²) in [4.78, 5) is 4.27. The van der Waals surface area contributed by atoms with Gasteiger partial charge in [0.1, 0.15) is 12.4 Å². The Morgan fingerprint density at radius 2 is 1.55 bits per heavy atom. The van der Waals surface area contributed by atoms with E-state index in [0.717, 1.165) is 0 Å². The summed E-state index contributed by atoms with van der Waals surface area (Å²) in [6, 6.07) is 0. The van der Waals surface area contributed by atoms with Crippen LogP contribution in [0.2, 0.25) is 0 Å². The van der Waals surface area contributed by atoms with Gasteiger partial charge in [0.25, 0.3) is 0 Å². The van der Waals surface area contributed by atoms with Crippen LogP contribution in [0.3, 0.4) is 0 Å². The minimum Gasteiger partial charge on any atom is -0.475 e. The highest BCUT2D eigenvalue weighted by atomic mass is 19.2. The molecule has 0 aromatic heterocycles. The highest BCUT2D eigenvalue weighted by Gasteiger charge is 2.33. The van der Waals surface area contributed by atoms with Crippen LogP contribution in [0.1, 0.15) is 44.4 Å². The molecule has 1 heterocycles. The molecule has 0 radical (unpaired) electrons. The summed E-state index contributed by atoms with van der Waals surface area (Å²) in [5.74, 6) is -2.81. The molecule has 0 amide bonds. The molecule has 0 N–H and O–H groups in total. The minimum absolute atomic E-state index is 0.0198. The lowest BCUT2D eigenvalue weighted by Crippen LogP contribution is -2.17. The maximum Gasteiger partial charge on any atom is 0.220 e. The van der Waals surface area contributed by atoms with Gasteiger partial charge in [-0.1, -0.05) is 13.8 Å². The summed E-state index contributed by atoms with van der Waals surface area (Å²) in [6.45, 7) is 7.20. The number of aliphatic imine (C=N–C) groups is 1. The van der Waals surface area contributed by atoms with Crippen molar-refractivity contribution in [1.82, 2.24) is 0 Å². The van der Waals surface area contributed by atoms with Crippen LogP contribution in [0.4, 0.5) is 13.2 Å². The number of halogens is 3. The molecule has 110 valence electrons. The Bertz CT molecular complexity index is 579. The van der Waals surface area contributed by atoms with Gasteiger partial charge in [-0.3, -0.25) is 0 Å². The molecule has 0 unspecified atom stereocenters. The Labute approximate surface area is 116 Å². The highest BCUT2D eigenvalue weighted by molar-refractivity contribution is 5.97. The van der Waals surface area contributed by atoms with Crippen molar-refractivity contribution in [2.75, 3.05) is 6.61 Å². The van der Waals surface area contributed by atoms with Crippen LogP contribution >= 0.6 is 0 Å². The smallest absolute Gasteiger partial charge is 0.220 e. The maximum absolute atomic E-state index is 14.5. The normalized spacial score (nSPS) is 17.1. The highest BCUT2D eigenvalue weighted by Crippen LogP contribution is 2.30. The molecular weight excluding hydrogens is 267 g/mol. The van der Waals surface area contributed by atoms with Crippen molar-refractivity contribution in [2.45, 2.75) is 46.1 Å². The number of rotatable bonds is 3. The van der Waals surface area contributed by atoms with Crippen molar-refractivity contribution < 1.29 is 17.9 Å². The maximum atomic E-state index is 14.5. The van der Waals surface area contributed by atoms with E-state index >= 15 is 0 Å². The van der Waals surface area contributed by atoms with Crippen LogP contribution in [-0.2, 0) is 17.6 Å². The first-order chi connectivity index (χ1) is 9.32. The molecule has 0 saturated heterocycles. The zero-order valence-electron chi connectivity index (χ0n) is 12.1. The molecule has 0 fully saturated rings. The van der Waals surface area contributed by atoms with Gasteiger partial charge >= 0.3 is 0 Å². The lowest BCUT2D eigenvalue weighted by Gasteiger charge is -2.14. The zero-order valence-corrected chi connectivity index (χ0v) is 12.1. The fourth-order valence-corrected chi connectivity index (χ4v) is 2.33. The third-order valence-electron chi connectivity index (χ3n) is 3.40. The lowest BCUT2D eigenvalue weighted by atomic mass is 9.97. The number of nitrogens with zero attached hydrogens (tertiary/aromatic N) is 1. The van der Waals surface area contributed by atoms with E-state index in [0.29, 0.717) is 6.61 Å². The fourth-order valence-electron chi connectivity index (χ4n) is 2.33. The first-order valence-corrected chi connectivity index (χ1v) is 6.73. The quantitative estimate of drug-likeness (QED) is 0.774. The lowest BCUT2D eigenvalue weighted by molar-refractivity contribution is 0.278. The second kappa shape index (κ2) is 5.11. The van der Waals surface area contributed by atoms with E-state index in [2.05, 4.69) is 4.99 Å². The first kappa shape index (κ1) is 14.9. The zero-order chi connectivity index (χ0) is 15.1. The summed E-state index contributed by atoms with van der Waals surface area (Å²) in [5, 5.41) is 0. The van der Waals surface area contributed by atoms with Gasteiger partial charge in [0.2, 0.25) is 5.90 Å². The molecule has 1 aliphatic heterocycles. The summed E-state index contributed by atoms with van der Waals surface area (Å²) in [6.07, 6.45) is 0.240. The molecule has 0 spiro atoms. The Balaban J connectivity index is 2.72. The predicted octanol–water partition coefficient (Wildman–Crippen LogP) is 3.78. The molecule has 0 bridgehead atoms.